The Morgan fingerprint density at radius 3 is 2.00 bits per heavy atom. The van der Waals surface area contributed by atoms with E-state index in [-0.39, 0.29) is 0 Å². The van der Waals surface area contributed by atoms with E-state index < -0.39 is 0 Å². The normalized spacial score (nSPS) is 19.9. The summed E-state index contributed by atoms with van der Waals surface area (Å²) in [6, 6.07) is 21.2. The molecule has 3 heteroatoms. The van der Waals surface area contributed by atoms with Crippen molar-refractivity contribution in [3.8, 4) is 0 Å². The van der Waals surface area contributed by atoms with Gasteiger partial charge in [-0.15, -0.1) is 0 Å². The SMILES string of the molecule is NNCCc1ccccc1.N[C@@H]1C[C@H]1c1ccccc1. The molecule has 0 radical (unpaired) electrons. The Morgan fingerprint density at radius 1 is 0.950 bits per heavy atom. The lowest BCUT2D eigenvalue weighted by Crippen LogP contribution is -2.24. The molecule has 106 valence electrons. The summed E-state index contributed by atoms with van der Waals surface area (Å²) < 4.78 is 0. The number of hydrazine groups is 1. The van der Waals surface area contributed by atoms with Crippen LogP contribution in [0.15, 0.2) is 60.7 Å². The molecule has 0 heterocycles. The van der Waals surface area contributed by atoms with Gasteiger partial charge in [-0.05, 0) is 24.0 Å². The van der Waals surface area contributed by atoms with Crippen molar-refractivity contribution in [3.05, 3.63) is 71.8 Å². The second-order valence-corrected chi connectivity index (χ2v) is 5.11. The summed E-state index contributed by atoms with van der Waals surface area (Å²) >= 11 is 0. The van der Waals surface area contributed by atoms with Crippen LogP contribution >= 0.6 is 0 Å². The fraction of sp³-hybridized carbons (Fsp3) is 0.294. The van der Waals surface area contributed by atoms with E-state index in [9.17, 15) is 0 Å². The molecule has 0 aliphatic heterocycles. The molecular formula is C17H23N3. The first-order valence-corrected chi connectivity index (χ1v) is 7.09. The summed E-state index contributed by atoms with van der Waals surface area (Å²) in [7, 11) is 0. The summed E-state index contributed by atoms with van der Waals surface area (Å²) in [4.78, 5) is 0. The highest BCUT2D eigenvalue weighted by Gasteiger charge is 2.34. The maximum Gasteiger partial charge on any atom is 0.0138 e. The van der Waals surface area contributed by atoms with E-state index in [4.69, 9.17) is 11.6 Å². The minimum Gasteiger partial charge on any atom is -0.327 e. The molecule has 1 saturated carbocycles. The molecule has 1 aliphatic carbocycles. The Balaban J connectivity index is 0.000000147. The molecule has 0 saturated heterocycles. The van der Waals surface area contributed by atoms with Gasteiger partial charge in [0.05, 0.1) is 0 Å². The first kappa shape index (κ1) is 14.7. The van der Waals surface area contributed by atoms with Gasteiger partial charge in [-0.2, -0.15) is 0 Å². The van der Waals surface area contributed by atoms with E-state index >= 15 is 0 Å². The Labute approximate surface area is 121 Å². The molecular weight excluding hydrogens is 246 g/mol. The average molecular weight is 269 g/mol. The van der Waals surface area contributed by atoms with Gasteiger partial charge in [0.1, 0.15) is 0 Å². The van der Waals surface area contributed by atoms with Crippen LogP contribution < -0.4 is 17.0 Å². The monoisotopic (exact) mass is 269 g/mol. The van der Waals surface area contributed by atoms with E-state index in [0.717, 1.165) is 13.0 Å². The highest BCUT2D eigenvalue weighted by Crippen LogP contribution is 2.38. The lowest BCUT2D eigenvalue weighted by molar-refractivity contribution is 0.728. The van der Waals surface area contributed by atoms with Crippen molar-refractivity contribution >= 4 is 0 Å². The topological polar surface area (TPSA) is 64.1 Å². The van der Waals surface area contributed by atoms with Crippen LogP contribution in [0.4, 0.5) is 0 Å². The van der Waals surface area contributed by atoms with Gasteiger partial charge in [-0.1, -0.05) is 60.7 Å². The van der Waals surface area contributed by atoms with Crippen molar-refractivity contribution in [2.75, 3.05) is 6.54 Å². The molecule has 0 bridgehead atoms. The maximum absolute atomic E-state index is 5.70. The molecule has 0 amide bonds. The van der Waals surface area contributed by atoms with Gasteiger partial charge < -0.3 is 5.73 Å². The first-order valence-electron chi connectivity index (χ1n) is 7.09. The zero-order valence-electron chi connectivity index (χ0n) is 11.7. The first-order chi connectivity index (χ1) is 9.81. The summed E-state index contributed by atoms with van der Waals surface area (Å²) in [5, 5.41) is 0. The lowest BCUT2D eigenvalue weighted by atomic mass is 10.1. The number of hydrogen-bond acceptors (Lipinski definition) is 3. The van der Waals surface area contributed by atoms with Gasteiger partial charge in [0.2, 0.25) is 0 Å². The van der Waals surface area contributed by atoms with Crippen molar-refractivity contribution in [1.82, 2.24) is 5.43 Å². The van der Waals surface area contributed by atoms with Crippen LogP contribution in [0, 0.1) is 0 Å². The molecule has 20 heavy (non-hydrogen) atoms. The highest BCUT2D eigenvalue weighted by molar-refractivity contribution is 5.27. The van der Waals surface area contributed by atoms with Crippen molar-refractivity contribution in [3.63, 3.8) is 0 Å². The molecule has 0 unspecified atom stereocenters. The molecule has 0 aromatic heterocycles. The van der Waals surface area contributed by atoms with Gasteiger partial charge in [0, 0.05) is 18.5 Å². The molecule has 5 N–H and O–H groups in total. The largest absolute Gasteiger partial charge is 0.327 e. The zero-order chi connectivity index (χ0) is 14.2. The standard InChI is InChI=1S/C9H11N.C8H12N2/c10-9-6-8(9)7-4-2-1-3-5-7;9-10-7-6-8-4-2-1-3-5-8/h1-5,8-9H,6,10H2;1-5,10H,6-7,9H2/t8-,9+;/m0./s1. The second-order valence-electron chi connectivity index (χ2n) is 5.11. The minimum absolute atomic E-state index is 0.433. The molecule has 0 spiro atoms. The number of hydrogen-bond donors (Lipinski definition) is 3. The van der Waals surface area contributed by atoms with E-state index in [2.05, 4.69) is 41.8 Å². The summed E-state index contributed by atoms with van der Waals surface area (Å²) in [6.07, 6.45) is 2.17. The summed E-state index contributed by atoms with van der Waals surface area (Å²) in [5.41, 5.74) is 11.0. The van der Waals surface area contributed by atoms with Gasteiger partial charge in [-0.25, -0.2) is 0 Å². The fourth-order valence-electron chi connectivity index (χ4n) is 2.16. The third kappa shape index (κ3) is 4.78. The molecule has 2 atom stereocenters. The molecule has 1 aliphatic rings. The molecule has 2 aromatic carbocycles. The van der Waals surface area contributed by atoms with Gasteiger partial charge in [0.25, 0.3) is 0 Å². The predicted molar refractivity (Wildman–Crippen MR) is 84.1 cm³/mol. The number of rotatable bonds is 4. The van der Waals surface area contributed by atoms with Crippen LogP contribution in [0.3, 0.4) is 0 Å². The van der Waals surface area contributed by atoms with Crippen LogP contribution in [0.5, 0.6) is 0 Å². The number of nitrogens with one attached hydrogen (secondary N) is 1. The van der Waals surface area contributed by atoms with Crippen molar-refractivity contribution in [2.24, 2.45) is 11.6 Å². The van der Waals surface area contributed by atoms with Crippen LogP contribution in [0.25, 0.3) is 0 Å². The van der Waals surface area contributed by atoms with E-state index in [1.54, 1.807) is 0 Å². The zero-order valence-corrected chi connectivity index (χ0v) is 11.7. The molecule has 1 fully saturated rings. The van der Waals surface area contributed by atoms with E-state index in [1.807, 2.05) is 24.3 Å². The van der Waals surface area contributed by atoms with Gasteiger partial charge in [0.15, 0.2) is 0 Å². The second kappa shape index (κ2) is 7.80. The fourth-order valence-corrected chi connectivity index (χ4v) is 2.16. The van der Waals surface area contributed by atoms with Crippen LogP contribution in [-0.2, 0) is 6.42 Å². The van der Waals surface area contributed by atoms with Crippen LogP contribution in [-0.4, -0.2) is 12.6 Å². The van der Waals surface area contributed by atoms with E-state index in [1.165, 1.54) is 17.5 Å². The number of nitrogens with two attached hydrogens (primary N) is 2. The van der Waals surface area contributed by atoms with Crippen molar-refractivity contribution in [2.45, 2.75) is 24.8 Å². The molecule has 3 rings (SSSR count). The Hall–Kier alpha value is -1.68. The third-order valence-corrected chi connectivity index (χ3v) is 3.47. The molecule has 2 aromatic rings. The Kier molecular flexibility index (Phi) is 5.74. The predicted octanol–water partition coefficient (Wildman–Crippen LogP) is 2.19. The van der Waals surface area contributed by atoms with Crippen molar-refractivity contribution < 1.29 is 0 Å². The summed E-state index contributed by atoms with van der Waals surface area (Å²) in [5.74, 6) is 5.78. The summed E-state index contributed by atoms with van der Waals surface area (Å²) in [6.45, 7) is 0.837. The number of benzene rings is 2. The Morgan fingerprint density at radius 2 is 1.50 bits per heavy atom. The highest BCUT2D eigenvalue weighted by atomic mass is 15.2. The molecule has 3 nitrogen and oxygen atoms in total. The Bertz CT molecular complexity index is 484. The van der Waals surface area contributed by atoms with Gasteiger partial charge >= 0.3 is 0 Å². The van der Waals surface area contributed by atoms with Crippen molar-refractivity contribution in [1.29, 1.82) is 0 Å². The smallest absolute Gasteiger partial charge is 0.0138 e. The van der Waals surface area contributed by atoms with Gasteiger partial charge in [-0.3, -0.25) is 11.3 Å². The average Bonchev–Trinajstić information content (AvgIpc) is 3.25. The third-order valence-electron chi connectivity index (χ3n) is 3.47. The van der Waals surface area contributed by atoms with E-state index in [0.29, 0.717) is 12.0 Å². The quantitative estimate of drug-likeness (QED) is 0.589. The maximum atomic E-state index is 5.70. The lowest BCUT2D eigenvalue weighted by Gasteiger charge is -1.97. The van der Waals surface area contributed by atoms with Crippen LogP contribution in [0.1, 0.15) is 23.5 Å². The minimum atomic E-state index is 0.433. The van der Waals surface area contributed by atoms with Crippen LogP contribution in [0.2, 0.25) is 0 Å².